The van der Waals surface area contributed by atoms with E-state index in [0.717, 1.165) is 0 Å². The highest BCUT2D eigenvalue weighted by Gasteiger charge is 2.28. The number of halogens is 2. The SMILES string of the molecule is Cc1ccc(Cl)c(S(=O)(=O)NC(=O)C2CC=CC2)c1Cl. The summed E-state index contributed by atoms with van der Waals surface area (Å²) in [5.41, 5.74) is 0.575. The molecule has 7 heteroatoms. The van der Waals surface area contributed by atoms with E-state index >= 15 is 0 Å². The monoisotopic (exact) mass is 333 g/mol. The van der Waals surface area contributed by atoms with Crippen LogP contribution in [-0.4, -0.2) is 14.3 Å². The topological polar surface area (TPSA) is 63.2 Å². The van der Waals surface area contributed by atoms with Crippen LogP contribution in [-0.2, 0) is 14.8 Å². The number of carbonyl (C=O) groups excluding carboxylic acids is 1. The molecule has 0 spiro atoms. The van der Waals surface area contributed by atoms with Crippen molar-refractivity contribution in [2.45, 2.75) is 24.7 Å². The van der Waals surface area contributed by atoms with E-state index in [2.05, 4.69) is 0 Å². The molecule has 0 unspecified atom stereocenters. The van der Waals surface area contributed by atoms with Crippen LogP contribution in [0.4, 0.5) is 0 Å². The molecule has 4 nitrogen and oxygen atoms in total. The van der Waals surface area contributed by atoms with Crippen LogP contribution < -0.4 is 4.72 Å². The standard InChI is InChI=1S/C13H13Cl2NO3S/c1-8-6-7-10(14)12(11(8)15)20(18,19)16-13(17)9-4-2-3-5-9/h2-3,6-7,9H,4-5H2,1H3,(H,16,17). The van der Waals surface area contributed by atoms with Gasteiger partial charge in [0.1, 0.15) is 4.90 Å². The van der Waals surface area contributed by atoms with Crippen LogP contribution in [0.1, 0.15) is 18.4 Å². The predicted octanol–water partition coefficient (Wildman–Crippen LogP) is 3.07. The van der Waals surface area contributed by atoms with E-state index in [1.165, 1.54) is 6.07 Å². The molecule has 1 aromatic carbocycles. The van der Waals surface area contributed by atoms with Crippen LogP contribution in [0.15, 0.2) is 29.2 Å². The Morgan fingerprint density at radius 1 is 1.25 bits per heavy atom. The molecule has 0 bridgehead atoms. The molecular formula is C13H13Cl2NO3S. The van der Waals surface area contributed by atoms with E-state index in [4.69, 9.17) is 23.2 Å². The molecule has 0 atom stereocenters. The third-order valence-corrected chi connectivity index (χ3v) is 5.58. The highest BCUT2D eigenvalue weighted by atomic mass is 35.5. The number of hydrogen-bond acceptors (Lipinski definition) is 3. The lowest BCUT2D eigenvalue weighted by Gasteiger charge is -2.14. The van der Waals surface area contributed by atoms with Gasteiger partial charge in [-0.2, -0.15) is 0 Å². The minimum absolute atomic E-state index is 0.00885. The van der Waals surface area contributed by atoms with Crippen LogP contribution >= 0.6 is 23.2 Å². The van der Waals surface area contributed by atoms with Crippen LogP contribution in [0.5, 0.6) is 0 Å². The molecule has 1 amide bonds. The lowest BCUT2D eigenvalue weighted by molar-refractivity contribution is -0.122. The average molecular weight is 334 g/mol. The summed E-state index contributed by atoms with van der Waals surface area (Å²) in [4.78, 5) is 11.7. The first-order valence-corrected chi connectivity index (χ1v) is 8.23. The highest BCUT2D eigenvalue weighted by molar-refractivity contribution is 7.90. The molecule has 20 heavy (non-hydrogen) atoms. The van der Waals surface area contributed by atoms with Gasteiger partial charge in [-0.3, -0.25) is 4.79 Å². The van der Waals surface area contributed by atoms with Crippen molar-refractivity contribution in [2.24, 2.45) is 5.92 Å². The van der Waals surface area contributed by atoms with Crippen LogP contribution in [0.3, 0.4) is 0 Å². The molecular weight excluding hydrogens is 321 g/mol. The third-order valence-electron chi connectivity index (χ3n) is 3.12. The first-order chi connectivity index (χ1) is 9.33. The number of sulfonamides is 1. The van der Waals surface area contributed by atoms with E-state index in [1.807, 2.05) is 16.9 Å². The predicted molar refractivity (Wildman–Crippen MR) is 78.4 cm³/mol. The minimum Gasteiger partial charge on any atom is -0.274 e. The minimum atomic E-state index is -4.07. The van der Waals surface area contributed by atoms with Gasteiger partial charge in [0.2, 0.25) is 5.91 Å². The van der Waals surface area contributed by atoms with Gasteiger partial charge in [0.15, 0.2) is 0 Å². The lowest BCUT2D eigenvalue weighted by Crippen LogP contribution is -2.35. The number of benzene rings is 1. The molecule has 0 heterocycles. The summed E-state index contributed by atoms with van der Waals surface area (Å²) in [7, 11) is -4.07. The molecule has 0 aromatic heterocycles. The number of aryl methyl sites for hydroxylation is 1. The normalized spacial score (nSPS) is 15.6. The number of rotatable bonds is 3. The zero-order chi connectivity index (χ0) is 14.9. The fourth-order valence-electron chi connectivity index (χ4n) is 1.98. The second-order valence-corrected chi connectivity index (χ2v) is 7.02. The van der Waals surface area contributed by atoms with Gasteiger partial charge in [0.05, 0.1) is 10.0 Å². The summed E-state index contributed by atoms with van der Waals surface area (Å²) in [5.74, 6) is -0.893. The van der Waals surface area contributed by atoms with Gasteiger partial charge in [0, 0.05) is 5.92 Å². The second-order valence-electron chi connectivity index (χ2n) is 4.62. The third kappa shape index (κ3) is 3.00. The van der Waals surface area contributed by atoms with E-state index in [9.17, 15) is 13.2 Å². The molecule has 108 valence electrons. The van der Waals surface area contributed by atoms with Gasteiger partial charge in [-0.05, 0) is 31.4 Å². The number of amides is 1. The van der Waals surface area contributed by atoms with Crippen molar-refractivity contribution >= 4 is 39.1 Å². The Labute approximate surface area is 127 Å². The molecule has 0 fully saturated rings. The van der Waals surface area contributed by atoms with Crippen molar-refractivity contribution in [1.82, 2.24) is 4.72 Å². The Morgan fingerprint density at radius 3 is 2.45 bits per heavy atom. The fourth-order valence-corrected chi connectivity index (χ4v) is 4.21. The molecule has 0 aliphatic heterocycles. The van der Waals surface area contributed by atoms with Crippen molar-refractivity contribution in [3.8, 4) is 0 Å². The van der Waals surface area contributed by atoms with Crippen molar-refractivity contribution in [2.75, 3.05) is 0 Å². The van der Waals surface area contributed by atoms with Gasteiger partial charge in [-0.15, -0.1) is 0 Å². The van der Waals surface area contributed by atoms with E-state index in [-0.39, 0.29) is 20.9 Å². The zero-order valence-corrected chi connectivity index (χ0v) is 13.0. The second kappa shape index (κ2) is 5.76. The molecule has 0 saturated carbocycles. The van der Waals surface area contributed by atoms with Gasteiger partial charge in [-0.25, -0.2) is 13.1 Å². The summed E-state index contributed by atoms with van der Waals surface area (Å²) < 4.78 is 26.6. The van der Waals surface area contributed by atoms with E-state index in [0.29, 0.717) is 18.4 Å². The molecule has 2 rings (SSSR count). The number of nitrogens with one attached hydrogen (secondary N) is 1. The summed E-state index contributed by atoms with van der Waals surface area (Å²) >= 11 is 11.9. The maximum Gasteiger partial charge on any atom is 0.267 e. The van der Waals surface area contributed by atoms with E-state index in [1.54, 1.807) is 13.0 Å². The first kappa shape index (κ1) is 15.4. The Morgan fingerprint density at radius 2 is 1.85 bits per heavy atom. The van der Waals surface area contributed by atoms with Gasteiger partial charge in [0.25, 0.3) is 10.0 Å². The van der Waals surface area contributed by atoms with Crippen molar-refractivity contribution in [3.05, 3.63) is 39.9 Å². The number of carbonyl (C=O) groups is 1. The molecule has 1 aromatic rings. The Balaban J connectivity index is 2.31. The lowest BCUT2D eigenvalue weighted by atomic mass is 10.1. The Bertz CT molecular complexity index is 675. The van der Waals surface area contributed by atoms with Gasteiger partial charge >= 0.3 is 0 Å². The summed E-state index contributed by atoms with van der Waals surface area (Å²) in [6.45, 7) is 1.67. The van der Waals surface area contributed by atoms with E-state index < -0.39 is 15.9 Å². The summed E-state index contributed by atoms with van der Waals surface area (Å²) in [5, 5.41) is 0.0211. The zero-order valence-electron chi connectivity index (χ0n) is 10.7. The molecule has 0 saturated heterocycles. The van der Waals surface area contributed by atoms with Crippen LogP contribution in [0.25, 0.3) is 0 Å². The number of allylic oxidation sites excluding steroid dienone is 2. The first-order valence-electron chi connectivity index (χ1n) is 5.99. The van der Waals surface area contributed by atoms with Gasteiger partial charge in [-0.1, -0.05) is 41.4 Å². The van der Waals surface area contributed by atoms with Crippen molar-refractivity contribution < 1.29 is 13.2 Å². The molecule has 1 aliphatic rings. The smallest absolute Gasteiger partial charge is 0.267 e. The Hall–Kier alpha value is -1.04. The van der Waals surface area contributed by atoms with Crippen molar-refractivity contribution in [1.29, 1.82) is 0 Å². The number of hydrogen-bond donors (Lipinski definition) is 1. The highest BCUT2D eigenvalue weighted by Crippen LogP contribution is 2.32. The van der Waals surface area contributed by atoms with Crippen LogP contribution in [0, 0.1) is 12.8 Å². The molecule has 1 N–H and O–H groups in total. The maximum absolute atomic E-state index is 12.3. The maximum atomic E-state index is 12.3. The largest absolute Gasteiger partial charge is 0.274 e. The quantitative estimate of drug-likeness (QED) is 0.864. The van der Waals surface area contributed by atoms with Crippen molar-refractivity contribution in [3.63, 3.8) is 0 Å². The Kier molecular flexibility index (Phi) is 4.42. The van der Waals surface area contributed by atoms with Gasteiger partial charge < -0.3 is 0 Å². The fraction of sp³-hybridized carbons (Fsp3) is 0.308. The van der Waals surface area contributed by atoms with Crippen LogP contribution in [0.2, 0.25) is 10.0 Å². The average Bonchev–Trinajstić information content (AvgIpc) is 2.87. The summed E-state index contributed by atoms with van der Waals surface area (Å²) in [6.07, 6.45) is 4.78. The molecule has 0 radical (unpaired) electrons. The summed E-state index contributed by atoms with van der Waals surface area (Å²) in [6, 6.07) is 3.06. The molecule has 1 aliphatic carbocycles.